The standard InChI is InChI=1S/C18H14N4O3S2/c1-12(23)22-27(24,25)15-8-6-14(7-9-15)20-11-13(10-19)18-21-16-4-2-3-5-17(16)26-18/h2-9,11,13H,1H3,(H,22,23). The molecule has 3 rings (SSSR count). The highest BCUT2D eigenvalue weighted by Crippen LogP contribution is 2.27. The Labute approximate surface area is 160 Å². The zero-order chi connectivity index (χ0) is 19.4. The molecule has 1 N–H and O–H groups in total. The number of hydrogen-bond acceptors (Lipinski definition) is 7. The molecule has 0 spiro atoms. The van der Waals surface area contributed by atoms with Crippen molar-refractivity contribution in [3.05, 3.63) is 53.5 Å². The zero-order valence-electron chi connectivity index (χ0n) is 14.2. The predicted octanol–water partition coefficient (Wildman–Crippen LogP) is 3.13. The van der Waals surface area contributed by atoms with Gasteiger partial charge in [0.2, 0.25) is 5.91 Å². The molecule has 3 aromatic rings. The van der Waals surface area contributed by atoms with Crippen molar-refractivity contribution in [3.8, 4) is 6.07 Å². The van der Waals surface area contributed by atoms with Crippen LogP contribution in [0.5, 0.6) is 0 Å². The summed E-state index contributed by atoms with van der Waals surface area (Å²) in [5, 5.41) is 10.1. The molecular weight excluding hydrogens is 384 g/mol. The van der Waals surface area contributed by atoms with E-state index in [1.807, 2.05) is 29.0 Å². The van der Waals surface area contributed by atoms with Gasteiger partial charge in [-0.05, 0) is 36.4 Å². The van der Waals surface area contributed by atoms with Gasteiger partial charge in [-0.15, -0.1) is 11.3 Å². The van der Waals surface area contributed by atoms with E-state index in [1.54, 1.807) is 0 Å². The van der Waals surface area contributed by atoms with Crippen LogP contribution in [0.3, 0.4) is 0 Å². The van der Waals surface area contributed by atoms with Crippen LogP contribution in [0, 0.1) is 11.3 Å². The number of amides is 1. The zero-order valence-corrected chi connectivity index (χ0v) is 15.8. The third kappa shape index (κ3) is 4.36. The number of thiazole rings is 1. The van der Waals surface area contributed by atoms with Gasteiger partial charge < -0.3 is 0 Å². The topological polar surface area (TPSA) is 112 Å². The van der Waals surface area contributed by atoms with Crippen LogP contribution >= 0.6 is 11.3 Å². The first-order valence-electron chi connectivity index (χ1n) is 7.82. The molecular formula is C18H14N4O3S2. The maximum atomic E-state index is 11.9. The predicted molar refractivity (Wildman–Crippen MR) is 104 cm³/mol. The number of rotatable bonds is 5. The smallest absolute Gasteiger partial charge is 0.264 e. The highest BCUT2D eigenvalue weighted by molar-refractivity contribution is 7.90. The first kappa shape index (κ1) is 18.7. The highest BCUT2D eigenvalue weighted by Gasteiger charge is 2.16. The van der Waals surface area contributed by atoms with Crippen LogP contribution < -0.4 is 4.72 Å². The largest absolute Gasteiger partial charge is 0.274 e. The fourth-order valence-corrected chi connectivity index (χ4v) is 4.26. The summed E-state index contributed by atoms with van der Waals surface area (Å²) in [5.74, 6) is -1.27. The Morgan fingerprint density at radius 2 is 1.96 bits per heavy atom. The second-order valence-corrected chi connectivity index (χ2v) is 8.30. The van der Waals surface area contributed by atoms with E-state index in [0.29, 0.717) is 10.7 Å². The van der Waals surface area contributed by atoms with E-state index in [4.69, 9.17) is 0 Å². The Bertz CT molecular complexity index is 1130. The number of carbonyl (C=O) groups excluding carboxylic acids is 1. The van der Waals surface area contributed by atoms with Gasteiger partial charge in [0.1, 0.15) is 10.9 Å². The van der Waals surface area contributed by atoms with Gasteiger partial charge in [0.15, 0.2) is 0 Å². The van der Waals surface area contributed by atoms with Crippen LogP contribution in [-0.4, -0.2) is 25.5 Å². The normalized spacial score (nSPS) is 12.7. The van der Waals surface area contributed by atoms with Gasteiger partial charge >= 0.3 is 0 Å². The van der Waals surface area contributed by atoms with Crippen molar-refractivity contribution in [2.24, 2.45) is 4.99 Å². The summed E-state index contributed by atoms with van der Waals surface area (Å²) in [7, 11) is -3.88. The Morgan fingerprint density at radius 1 is 1.26 bits per heavy atom. The van der Waals surface area contributed by atoms with Gasteiger partial charge in [-0.1, -0.05) is 12.1 Å². The minimum atomic E-state index is -3.88. The monoisotopic (exact) mass is 398 g/mol. The molecule has 0 aliphatic rings. The maximum absolute atomic E-state index is 11.9. The van der Waals surface area contributed by atoms with Crippen LogP contribution in [0.2, 0.25) is 0 Å². The van der Waals surface area contributed by atoms with E-state index in [-0.39, 0.29) is 4.90 Å². The van der Waals surface area contributed by atoms with Gasteiger partial charge in [0.25, 0.3) is 10.0 Å². The number of aromatic nitrogens is 1. The second-order valence-electron chi connectivity index (χ2n) is 5.56. The molecule has 0 bridgehead atoms. The molecule has 136 valence electrons. The lowest BCUT2D eigenvalue weighted by Crippen LogP contribution is -2.28. The molecule has 0 aliphatic heterocycles. The molecule has 27 heavy (non-hydrogen) atoms. The SMILES string of the molecule is CC(=O)NS(=O)(=O)c1ccc(N=CC(C#N)c2nc3ccccc3s2)cc1. The first-order valence-corrected chi connectivity index (χ1v) is 10.1. The number of hydrogen-bond donors (Lipinski definition) is 1. The number of carbonyl (C=O) groups is 1. The van der Waals surface area contributed by atoms with Crippen molar-refractivity contribution in [1.82, 2.24) is 9.71 Å². The lowest BCUT2D eigenvalue weighted by Gasteiger charge is -2.04. The minimum absolute atomic E-state index is 0.0420. The summed E-state index contributed by atoms with van der Waals surface area (Å²) in [6.45, 7) is 1.13. The molecule has 1 amide bonds. The van der Waals surface area contributed by atoms with Crippen molar-refractivity contribution >= 4 is 49.4 Å². The van der Waals surface area contributed by atoms with Crippen LogP contribution in [0.15, 0.2) is 58.4 Å². The van der Waals surface area contributed by atoms with Gasteiger partial charge in [-0.2, -0.15) is 5.26 Å². The summed E-state index contributed by atoms with van der Waals surface area (Å²) in [4.78, 5) is 19.6. The molecule has 1 heterocycles. The highest BCUT2D eigenvalue weighted by atomic mass is 32.2. The van der Waals surface area contributed by atoms with Crippen LogP contribution in [0.25, 0.3) is 10.2 Å². The fraction of sp³-hybridized carbons (Fsp3) is 0.111. The van der Waals surface area contributed by atoms with Crippen molar-refractivity contribution < 1.29 is 13.2 Å². The number of para-hydroxylation sites is 1. The van der Waals surface area contributed by atoms with Gasteiger partial charge in [0, 0.05) is 13.1 Å². The Hall–Kier alpha value is -3.09. The molecule has 0 aliphatic carbocycles. The lowest BCUT2D eigenvalue weighted by atomic mass is 10.2. The summed E-state index contributed by atoms with van der Waals surface area (Å²) in [6, 6.07) is 15.5. The van der Waals surface area contributed by atoms with E-state index < -0.39 is 21.8 Å². The van der Waals surface area contributed by atoms with E-state index >= 15 is 0 Å². The van der Waals surface area contributed by atoms with Gasteiger partial charge in [-0.25, -0.2) is 18.1 Å². The van der Waals surface area contributed by atoms with E-state index in [2.05, 4.69) is 16.0 Å². The summed E-state index contributed by atoms with van der Waals surface area (Å²) >= 11 is 1.43. The van der Waals surface area contributed by atoms with Crippen molar-refractivity contribution in [3.63, 3.8) is 0 Å². The number of nitriles is 1. The van der Waals surface area contributed by atoms with Crippen LogP contribution in [0.4, 0.5) is 5.69 Å². The minimum Gasteiger partial charge on any atom is -0.274 e. The number of fused-ring (bicyclic) bond motifs is 1. The van der Waals surface area contributed by atoms with Crippen LogP contribution in [-0.2, 0) is 14.8 Å². The Balaban J connectivity index is 1.80. The van der Waals surface area contributed by atoms with E-state index in [0.717, 1.165) is 17.1 Å². The first-order chi connectivity index (χ1) is 12.9. The van der Waals surface area contributed by atoms with E-state index in [9.17, 15) is 18.5 Å². The number of nitrogens with one attached hydrogen (secondary N) is 1. The molecule has 0 saturated carbocycles. The molecule has 0 fully saturated rings. The van der Waals surface area contributed by atoms with Crippen LogP contribution in [0.1, 0.15) is 17.8 Å². The lowest BCUT2D eigenvalue weighted by molar-refractivity contribution is -0.117. The number of aliphatic imine (C=N–C) groups is 1. The maximum Gasteiger partial charge on any atom is 0.264 e. The molecule has 0 radical (unpaired) electrons. The quantitative estimate of drug-likeness (QED) is 0.664. The summed E-state index contributed by atoms with van der Waals surface area (Å²) in [5.41, 5.74) is 1.32. The molecule has 9 heteroatoms. The second kappa shape index (κ2) is 7.65. The Morgan fingerprint density at radius 3 is 2.59 bits per heavy atom. The molecule has 1 aromatic heterocycles. The average Bonchev–Trinajstić information content (AvgIpc) is 3.05. The molecule has 7 nitrogen and oxygen atoms in total. The average molecular weight is 398 g/mol. The number of benzene rings is 2. The van der Waals surface area contributed by atoms with E-state index in [1.165, 1.54) is 41.8 Å². The Kier molecular flexibility index (Phi) is 5.30. The molecule has 2 aromatic carbocycles. The number of nitrogens with zero attached hydrogens (tertiary/aromatic N) is 3. The molecule has 1 unspecified atom stereocenters. The van der Waals surface area contributed by atoms with Gasteiger partial charge in [0.05, 0.1) is 26.9 Å². The van der Waals surface area contributed by atoms with Gasteiger partial charge in [-0.3, -0.25) is 9.79 Å². The molecule has 1 atom stereocenters. The fourth-order valence-electron chi connectivity index (χ4n) is 2.30. The molecule has 0 saturated heterocycles. The summed E-state index contributed by atoms with van der Waals surface area (Å²) in [6.07, 6.45) is 1.48. The van der Waals surface area contributed by atoms with Crippen molar-refractivity contribution in [2.75, 3.05) is 0 Å². The van der Waals surface area contributed by atoms with Crippen molar-refractivity contribution in [2.45, 2.75) is 17.7 Å². The van der Waals surface area contributed by atoms with Crippen molar-refractivity contribution in [1.29, 1.82) is 5.26 Å². The third-order valence-corrected chi connectivity index (χ3v) is 6.08. The third-order valence-electron chi connectivity index (χ3n) is 3.51. The number of sulfonamides is 1. The summed E-state index contributed by atoms with van der Waals surface area (Å²) < 4.78 is 26.7.